The van der Waals surface area contributed by atoms with Gasteiger partial charge in [0.15, 0.2) is 0 Å². The molecule has 5 unspecified atom stereocenters. The molecule has 1 saturated heterocycles. The molecule has 0 amide bonds. The van der Waals surface area contributed by atoms with Gasteiger partial charge in [0.2, 0.25) is 0 Å². The fraction of sp³-hybridized carbons (Fsp3) is 0.284. The molecule has 3 heterocycles. The average molecular weight is 1160 g/mol. The molecule has 8 aliphatic rings. The van der Waals surface area contributed by atoms with E-state index in [2.05, 4.69) is 132 Å². The van der Waals surface area contributed by atoms with E-state index in [0.717, 1.165) is 43.7 Å². The molecule has 0 saturated carbocycles. The summed E-state index contributed by atoms with van der Waals surface area (Å²) in [6.45, 7) is 18.4. The molecule has 6 heteroatoms. The first-order chi connectivity index (χ1) is 35.3. The van der Waals surface area contributed by atoms with E-state index in [0.29, 0.717) is 11.8 Å². The molecular weight excluding hydrogens is 1110 g/mol. The number of hydrogen-bond donors (Lipinski definition) is 0. The molecule has 3 nitrogen and oxygen atoms in total. The second-order valence-electron chi connectivity index (χ2n) is 26.1. The molecule has 0 radical (unpaired) electrons. The predicted molar refractivity (Wildman–Crippen MR) is 300 cm³/mol. The number of aromatic nitrogens is 2. The van der Waals surface area contributed by atoms with Crippen LogP contribution < -0.4 is 0 Å². The molecule has 356 valence electrons. The van der Waals surface area contributed by atoms with Crippen molar-refractivity contribution >= 4 is 116 Å². The van der Waals surface area contributed by atoms with Crippen LogP contribution in [0.3, 0.4) is 0 Å². The molecule has 5 atom stereocenters. The molecule has 7 aliphatic carbocycles. The Kier molecular flexibility index (Phi) is 6.99. The van der Waals surface area contributed by atoms with Crippen LogP contribution in [-0.4, -0.2) is 21.4 Å². The number of fused-ring (bicyclic) bond motifs is 1. The van der Waals surface area contributed by atoms with Crippen molar-refractivity contribution in [3.63, 3.8) is 0 Å². The van der Waals surface area contributed by atoms with Crippen LogP contribution in [0.15, 0.2) is 85.2 Å². The Morgan fingerprint density at radius 2 is 1.22 bits per heavy atom. The maximum absolute atomic E-state index is 5.09. The van der Waals surface area contributed by atoms with E-state index in [1.807, 2.05) is 6.20 Å². The van der Waals surface area contributed by atoms with Crippen LogP contribution in [0.1, 0.15) is 144 Å². The van der Waals surface area contributed by atoms with E-state index < -0.39 is 16.5 Å². The zero-order chi connectivity index (χ0) is 48.6. The number of pyridine rings is 2. The zero-order valence-electron chi connectivity index (χ0n) is 41.8. The summed E-state index contributed by atoms with van der Waals surface area (Å²) in [5.74, 6) is 1.06. The van der Waals surface area contributed by atoms with Crippen molar-refractivity contribution < 1.29 is 16.5 Å². The van der Waals surface area contributed by atoms with Crippen molar-refractivity contribution in [2.75, 3.05) is 6.54 Å². The van der Waals surface area contributed by atoms with Gasteiger partial charge >= 0.3 is 35.3 Å². The molecule has 0 bridgehead atoms. The van der Waals surface area contributed by atoms with E-state index >= 15 is 0 Å². The normalized spacial score (nSPS) is 23.5. The number of aryl methyl sites for hydroxylation is 1. The SMILES string of the molecule is Cc1ccnc(-c2cc(C3C4c5cc6c7c8c(cc9cc%10c%11c%12c%13c%14c%15c%16c%17c(c%18c5c7c(c%18%15)c5c8c9c%11c%145)C4(CC%17=CC(C=C%12C%10)C%16%13)CN3Cc3cc(C(C)(C)C)cc(C(C)(C)C)c3)C6)ccn2)c1.[Cl][Pt][Cl]. The quantitative estimate of drug-likeness (QED) is 0.165. The van der Waals surface area contributed by atoms with E-state index in [1.54, 1.807) is 142 Å². The van der Waals surface area contributed by atoms with Crippen molar-refractivity contribution in [2.45, 2.75) is 108 Å². The first-order valence-electron chi connectivity index (χ1n) is 26.6. The second-order valence-corrected chi connectivity index (χ2v) is 29.4. The molecule has 1 fully saturated rings. The summed E-state index contributed by atoms with van der Waals surface area (Å²) in [5.41, 5.74) is 26.9. The van der Waals surface area contributed by atoms with Crippen LogP contribution in [0.5, 0.6) is 0 Å². The number of rotatable bonds is 4. The van der Waals surface area contributed by atoms with Gasteiger partial charge in [0, 0.05) is 54.7 Å². The number of nitrogens with zero attached hydrogens (tertiary/aromatic N) is 3. The Hall–Kier alpha value is -5.41. The number of benzene rings is 8. The Bertz CT molecular complexity index is 4680. The number of likely N-dealkylation sites (tertiary alicyclic amines) is 1. The summed E-state index contributed by atoms with van der Waals surface area (Å²) in [4.78, 5) is 13.0. The van der Waals surface area contributed by atoms with Gasteiger partial charge in [0.05, 0.1) is 11.4 Å². The predicted octanol–water partition coefficient (Wildman–Crippen LogP) is 17.1. The average Bonchev–Trinajstić information content (AvgIpc) is 4.28. The van der Waals surface area contributed by atoms with Gasteiger partial charge in [0.25, 0.3) is 0 Å². The molecule has 73 heavy (non-hydrogen) atoms. The minimum absolute atomic E-state index is 0.0354. The monoisotopic (exact) mass is 1160 g/mol. The molecule has 1 spiro atoms. The fourth-order valence-electron chi connectivity index (χ4n) is 18.5. The summed E-state index contributed by atoms with van der Waals surface area (Å²) in [6.07, 6.45) is 12.9. The van der Waals surface area contributed by atoms with Crippen LogP contribution in [0.4, 0.5) is 0 Å². The summed E-state index contributed by atoms with van der Waals surface area (Å²) in [5, 5.41) is 25.9. The van der Waals surface area contributed by atoms with E-state index in [1.165, 1.54) is 33.2 Å². The summed E-state index contributed by atoms with van der Waals surface area (Å²) >= 11 is -0.472. The third-order valence-corrected chi connectivity index (χ3v) is 20.6. The third kappa shape index (κ3) is 4.35. The number of hydrogen-bond acceptors (Lipinski definition) is 3. The zero-order valence-corrected chi connectivity index (χ0v) is 45.6. The van der Waals surface area contributed by atoms with Gasteiger partial charge in [-0.05, 0) is 236 Å². The van der Waals surface area contributed by atoms with Gasteiger partial charge in [-0.1, -0.05) is 90.1 Å². The molecule has 2 aromatic heterocycles. The van der Waals surface area contributed by atoms with E-state index in [-0.39, 0.29) is 28.2 Å². The van der Waals surface area contributed by atoms with Gasteiger partial charge in [-0.15, -0.1) is 0 Å². The van der Waals surface area contributed by atoms with E-state index in [4.69, 9.17) is 28.8 Å². The van der Waals surface area contributed by atoms with Crippen molar-refractivity contribution in [1.29, 1.82) is 0 Å². The Morgan fingerprint density at radius 3 is 1.95 bits per heavy atom. The van der Waals surface area contributed by atoms with Crippen molar-refractivity contribution in [3.8, 4) is 11.4 Å². The summed E-state index contributed by atoms with van der Waals surface area (Å²) < 4.78 is 0. The first-order valence-corrected chi connectivity index (χ1v) is 32.3. The minimum atomic E-state index is -0.472. The molecule has 20 rings (SSSR count). The topological polar surface area (TPSA) is 29.0 Å². The second kappa shape index (κ2) is 12.5. The third-order valence-electron chi connectivity index (χ3n) is 20.6. The molecule has 12 aromatic rings. The van der Waals surface area contributed by atoms with Gasteiger partial charge in [-0.3, -0.25) is 14.9 Å². The van der Waals surface area contributed by atoms with Crippen LogP contribution in [0.25, 0.3) is 109 Å². The maximum atomic E-state index is 5.09. The van der Waals surface area contributed by atoms with Crippen LogP contribution in [0, 0.1) is 12.8 Å². The van der Waals surface area contributed by atoms with Crippen LogP contribution in [-0.2, 0) is 52.1 Å². The molecule has 1 aliphatic heterocycles. The molecular formula is C67H49Cl2N3Pt. The van der Waals surface area contributed by atoms with Crippen molar-refractivity contribution in [3.05, 3.63) is 163 Å². The Labute approximate surface area is 439 Å². The Morgan fingerprint density at radius 1 is 0.616 bits per heavy atom. The number of halogens is 2. The van der Waals surface area contributed by atoms with Crippen molar-refractivity contribution in [1.82, 2.24) is 14.9 Å². The number of allylic oxidation sites excluding steroid dienone is 4. The van der Waals surface area contributed by atoms with Gasteiger partial charge < -0.3 is 0 Å². The van der Waals surface area contributed by atoms with Gasteiger partial charge in [-0.25, -0.2) is 0 Å². The molecule has 0 N–H and O–H groups in total. The standard InChI is InChI=1S/C67H49N3.2ClH.Pt/c1-27-8-10-68-40(12-27)41-22-29(9-11-69-41)64-62-39-21-35-19-32-17-33-16-30-15-31-18-34-20-36-24-67(62,26-70(64)25-28-13-37(65(2,3)4)23-38(14-28)66(5,6)7)63-48(36)53-47(34)52-43(31)42(30)50-46(33)51-44(32)45(35)54-49(39)61(63)60-58(53)56(52)55(50)57(51)59(54)60;;;/h8-14,16-18,20-23,34,47,62,64H,15,19,24-26H2,1-7H3;2*1H;/q;;;+2/p-2. The first kappa shape index (κ1) is 40.9. The van der Waals surface area contributed by atoms with Crippen LogP contribution in [0.2, 0.25) is 0 Å². The van der Waals surface area contributed by atoms with Crippen LogP contribution >= 0.6 is 18.8 Å². The van der Waals surface area contributed by atoms with Crippen molar-refractivity contribution in [2.24, 2.45) is 5.92 Å². The summed E-state index contributed by atoms with van der Waals surface area (Å²) in [6, 6.07) is 25.0. The Balaban J connectivity index is 0.00000135. The van der Waals surface area contributed by atoms with Gasteiger partial charge in [-0.2, -0.15) is 0 Å². The van der Waals surface area contributed by atoms with E-state index in [9.17, 15) is 0 Å². The fourth-order valence-corrected chi connectivity index (χ4v) is 18.5. The van der Waals surface area contributed by atoms with Gasteiger partial charge in [0.1, 0.15) is 0 Å². The summed E-state index contributed by atoms with van der Waals surface area (Å²) in [7, 11) is 9.75. The molecule has 10 aromatic carbocycles.